The minimum absolute atomic E-state index is 0.0151. The van der Waals surface area contributed by atoms with Gasteiger partial charge in [-0.1, -0.05) is 59.1 Å². The molecule has 2 nitrogen and oxygen atoms in total. The summed E-state index contributed by atoms with van der Waals surface area (Å²) >= 11 is 0. The molecule has 2 N–H and O–H groups in total. The Morgan fingerprint density at radius 3 is 2.48 bits per heavy atom. The fourth-order valence-corrected chi connectivity index (χ4v) is 9.39. The molecular formula is C29H50O2. The minimum Gasteiger partial charge on any atom is -0.395 e. The standard InChI is InChI=1S/C29H50O2/c1-6-21(19(2)3)8-7-20(4)25-11-12-26-24-10-9-22-17-23(31)13-16-29(22,18-30)27(24)14-15-28(25,26)5/h9,19-21,23-27,30-31H,6-8,10-18H2,1-5H3/t20?,21?,23?,24?,25?,26?,27?,28-,29-/m1/s1. The largest absolute Gasteiger partial charge is 0.395 e. The van der Waals surface area contributed by atoms with Crippen LogP contribution >= 0.6 is 0 Å². The maximum Gasteiger partial charge on any atom is 0.0577 e. The molecule has 7 unspecified atom stereocenters. The lowest BCUT2D eigenvalue weighted by Crippen LogP contribution is -2.53. The smallest absolute Gasteiger partial charge is 0.0577 e. The van der Waals surface area contributed by atoms with Crippen molar-refractivity contribution in [2.24, 2.45) is 52.3 Å². The van der Waals surface area contributed by atoms with E-state index in [1.165, 1.54) is 56.9 Å². The zero-order valence-electron chi connectivity index (χ0n) is 21.1. The van der Waals surface area contributed by atoms with Gasteiger partial charge in [0.15, 0.2) is 0 Å². The molecule has 9 atom stereocenters. The summed E-state index contributed by atoms with van der Waals surface area (Å²) in [5.41, 5.74) is 1.88. The number of aliphatic hydroxyl groups excluding tert-OH is 2. The molecule has 0 spiro atoms. The Balaban J connectivity index is 1.50. The van der Waals surface area contributed by atoms with Gasteiger partial charge in [0, 0.05) is 5.41 Å². The van der Waals surface area contributed by atoms with Crippen LogP contribution in [0, 0.1) is 52.3 Å². The Hall–Kier alpha value is -0.340. The van der Waals surface area contributed by atoms with E-state index in [9.17, 15) is 10.2 Å². The number of rotatable bonds is 7. The van der Waals surface area contributed by atoms with E-state index < -0.39 is 0 Å². The van der Waals surface area contributed by atoms with Crippen LogP contribution in [-0.2, 0) is 0 Å². The second-order valence-corrected chi connectivity index (χ2v) is 12.7. The lowest BCUT2D eigenvalue weighted by molar-refractivity contribution is -0.0797. The average Bonchev–Trinajstić information content (AvgIpc) is 3.10. The molecule has 2 heteroatoms. The monoisotopic (exact) mass is 430 g/mol. The molecular weight excluding hydrogens is 380 g/mol. The molecule has 178 valence electrons. The topological polar surface area (TPSA) is 40.5 Å². The molecule has 0 aromatic rings. The molecule has 0 aromatic carbocycles. The van der Waals surface area contributed by atoms with Crippen LogP contribution in [0.15, 0.2) is 11.6 Å². The highest BCUT2D eigenvalue weighted by Crippen LogP contribution is 2.67. The summed E-state index contributed by atoms with van der Waals surface area (Å²) in [5, 5.41) is 20.9. The molecule has 3 fully saturated rings. The van der Waals surface area contributed by atoms with Gasteiger partial charge < -0.3 is 10.2 Å². The van der Waals surface area contributed by atoms with Gasteiger partial charge in [-0.15, -0.1) is 0 Å². The van der Waals surface area contributed by atoms with Crippen LogP contribution in [0.3, 0.4) is 0 Å². The molecule has 0 bridgehead atoms. The van der Waals surface area contributed by atoms with Crippen LogP contribution in [0.5, 0.6) is 0 Å². The van der Waals surface area contributed by atoms with E-state index in [0.717, 1.165) is 54.8 Å². The van der Waals surface area contributed by atoms with Gasteiger partial charge in [-0.05, 0) is 105 Å². The first kappa shape index (κ1) is 23.8. The zero-order valence-corrected chi connectivity index (χ0v) is 21.1. The van der Waals surface area contributed by atoms with Crippen molar-refractivity contribution in [1.29, 1.82) is 0 Å². The van der Waals surface area contributed by atoms with E-state index in [-0.39, 0.29) is 11.5 Å². The van der Waals surface area contributed by atoms with Gasteiger partial charge in [0.2, 0.25) is 0 Å². The fourth-order valence-electron chi connectivity index (χ4n) is 9.39. The minimum atomic E-state index is -0.189. The predicted octanol–water partition coefficient (Wildman–Crippen LogP) is 7.00. The average molecular weight is 431 g/mol. The Kier molecular flexibility index (Phi) is 7.01. The lowest BCUT2D eigenvalue weighted by Gasteiger charge is -2.59. The molecule has 0 aromatic heterocycles. The lowest BCUT2D eigenvalue weighted by atomic mass is 9.46. The van der Waals surface area contributed by atoms with Crippen molar-refractivity contribution in [3.05, 3.63) is 11.6 Å². The normalized spacial score (nSPS) is 44.3. The second-order valence-electron chi connectivity index (χ2n) is 12.7. The van der Waals surface area contributed by atoms with Gasteiger partial charge in [0.1, 0.15) is 0 Å². The predicted molar refractivity (Wildman–Crippen MR) is 130 cm³/mol. The first-order valence-corrected chi connectivity index (χ1v) is 13.7. The van der Waals surface area contributed by atoms with E-state index in [4.69, 9.17) is 0 Å². The Labute approximate surface area is 192 Å². The Morgan fingerprint density at radius 1 is 1.03 bits per heavy atom. The van der Waals surface area contributed by atoms with Crippen LogP contribution in [0.1, 0.15) is 105 Å². The van der Waals surface area contributed by atoms with E-state index in [1.54, 1.807) is 0 Å². The van der Waals surface area contributed by atoms with Crippen molar-refractivity contribution in [3.8, 4) is 0 Å². The van der Waals surface area contributed by atoms with Gasteiger partial charge in [0.25, 0.3) is 0 Å². The molecule has 0 amide bonds. The first-order chi connectivity index (χ1) is 14.8. The van der Waals surface area contributed by atoms with Gasteiger partial charge >= 0.3 is 0 Å². The summed E-state index contributed by atoms with van der Waals surface area (Å²) in [4.78, 5) is 0. The third-order valence-electron chi connectivity index (χ3n) is 11.3. The number of aliphatic hydroxyl groups is 2. The summed E-state index contributed by atoms with van der Waals surface area (Å²) in [6.45, 7) is 12.7. The van der Waals surface area contributed by atoms with Gasteiger partial charge in [0.05, 0.1) is 12.7 Å². The van der Waals surface area contributed by atoms with Crippen molar-refractivity contribution in [1.82, 2.24) is 0 Å². The van der Waals surface area contributed by atoms with E-state index >= 15 is 0 Å². The van der Waals surface area contributed by atoms with E-state index in [1.807, 2.05) is 0 Å². The molecule has 0 heterocycles. The second kappa shape index (κ2) is 9.13. The van der Waals surface area contributed by atoms with Crippen molar-refractivity contribution in [3.63, 3.8) is 0 Å². The number of hydrogen-bond acceptors (Lipinski definition) is 2. The highest BCUT2D eigenvalue weighted by Gasteiger charge is 2.60. The van der Waals surface area contributed by atoms with Crippen LogP contribution in [0.2, 0.25) is 0 Å². The summed E-state index contributed by atoms with van der Waals surface area (Å²) in [6.07, 6.45) is 15.7. The molecule has 4 aliphatic rings. The van der Waals surface area contributed by atoms with Crippen molar-refractivity contribution in [2.45, 2.75) is 111 Å². The number of fused-ring (bicyclic) bond motifs is 5. The maximum absolute atomic E-state index is 10.6. The maximum atomic E-state index is 10.6. The van der Waals surface area contributed by atoms with E-state index in [2.05, 4.69) is 40.7 Å². The molecule has 0 radical (unpaired) electrons. The summed E-state index contributed by atoms with van der Waals surface area (Å²) in [7, 11) is 0. The quantitative estimate of drug-likeness (QED) is 0.427. The van der Waals surface area contributed by atoms with Crippen molar-refractivity contribution >= 4 is 0 Å². The van der Waals surface area contributed by atoms with Crippen LogP contribution < -0.4 is 0 Å². The fraction of sp³-hybridized carbons (Fsp3) is 0.931. The van der Waals surface area contributed by atoms with Gasteiger partial charge in [-0.3, -0.25) is 0 Å². The molecule has 0 aliphatic heterocycles. The Bertz CT molecular complexity index is 653. The van der Waals surface area contributed by atoms with E-state index in [0.29, 0.717) is 17.9 Å². The third kappa shape index (κ3) is 3.96. The molecule has 4 aliphatic carbocycles. The van der Waals surface area contributed by atoms with Crippen molar-refractivity contribution in [2.75, 3.05) is 6.61 Å². The summed E-state index contributed by atoms with van der Waals surface area (Å²) < 4.78 is 0. The molecule has 31 heavy (non-hydrogen) atoms. The number of allylic oxidation sites excluding steroid dienone is 1. The van der Waals surface area contributed by atoms with Crippen LogP contribution in [0.25, 0.3) is 0 Å². The highest BCUT2D eigenvalue weighted by molar-refractivity contribution is 5.26. The number of hydrogen-bond donors (Lipinski definition) is 2. The molecule has 4 rings (SSSR count). The third-order valence-corrected chi connectivity index (χ3v) is 11.3. The SMILES string of the molecule is CCC(CCC(C)C1CCC2C3CC=C4CC(O)CC[C@]4(CO)C3CC[C@]12C)C(C)C. The van der Waals surface area contributed by atoms with Gasteiger partial charge in [-0.25, -0.2) is 0 Å². The van der Waals surface area contributed by atoms with Crippen LogP contribution in [0.4, 0.5) is 0 Å². The molecule has 3 saturated carbocycles. The van der Waals surface area contributed by atoms with Crippen LogP contribution in [-0.4, -0.2) is 22.9 Å². The molecule has 0 saturated heterocycles. The summed E-state index contributed by atoms with van der Waals surface area (Å²) in [6, 6.07) is 0. The summed E-state index contributed by atoms with van der Waals surface area (Å²) in [5.74, 6) is 5.64. The Morgan fingerprint density at radius 2 is 1.81 bits per heavy atom. The zero-order chi connectivity index (χ0) is 22.4. The highest BCUT2D eigenvalue weighted by atomic mass is 16.3. The first-order valence-electron chi connectivity index (χ1n) is 13.7. The van der Waals surface area contributed by atoms with Gasteiger partial charge in [-0.2, -0.15) is 0 Å². The van der Waals surface area contributed by atoms with Crippen molar-refractivity contribution < 1.29 is 10.2 Å².